The van der Waals surface area contributed by atoms with Gasteiger partial charge in [-0.3, -0.25) is 14.6 Å². The van der Waals surface area contributed by atoms with E-state index in [1.54, 1.807) is 4.90 Å². The first kappa shape index (κ1) is 16.2. The fourth-order valence-corrected chi connectivity index (χ4v) is 2.99. The molecule has 24 heavy (non-hydrogen) atoms. The second-order valence-electron chi connectivity index (χ2n) is 6.23. The Kier molecular flexibility index (Phi) is 4.60. The van der Waals surface area contributed by atoms with E-state index in [9.17, 15) is 9.59 Å². The van der Waals surface area contributed by atoms with Gasteiger partial charge in [0.2, 0.25) is 5.91 Å². The third kappa shape index (κ3) is 3.45. The number of likely N-dealkylation sites (tertiary alicyclic amines) is 1. The number of aryl methyl sites for hydroxylation is 1. The largest absolute Gasteiger partial charge is 0.369 e. The summed E-state index contributed by atoms with van der Waals surface area (Å²) in [6, 6.07) is 11.6. The maximum atomic E-state index is 12.6. The Morgan fingerprint density at radius 2 is 1.67 bits per heavy atom. The molecule has 0 unspecified atom stereocenters. The summed E-state index contributed by atoms with van der Waals surface area (Å²) < 4.78 is 0. The van der Waals surface area contributed by atoms with Crippen LogP contribution < -0.4 is 5.73 Å². The molecule has 2 amide bonds. The highest BCUT2D eigenvalue weighted by Crippen LogP contribution is 2.22. The van der Waals surface area contributed by atoms with Gasteiger partial charge in [0.15, 0.2) is 0 Å². The average Bonchev–Trinajstić information content (AvgIpc) is 2.62. The minimum atomic E-state index is -0.266. The number of primary amides is 1. The van der Waals surface area contributed by atoms with E-state index in [-0.39, 0.29) is 17.7 Å². The lowest BCUT2D eigenvalue weighted by atomic mass is 9.95. The maximum Gasteiger partial charge on any atom is 0.253 e. The van der Waals surface area contributed by atoms with Crippen molar-refractivity contribution in [2.45, 2.75) is 19.8 Å². The maximum absolute atomic E-state index is 12.6. The summed E-state index contributed by atoms with van der Waals surface area (Å²) in [5, 5.41) is 0. The number of hydrogen-bond donors (Lipinski definition) is 1. The predicted octanol–water partition coefficient (Wildman–Crippen LogP) is 2.39. The quantitative estimate of drug-likeness (QED) is 0.942. The number of benzene rings is 1. The van der Waals surface area contributed by atoms with Crippen LogP contribution in [0.4, 0.5) is 0 Å². The second kappa shape index (κ2) is 6.83. The lowest BCUT2D eigenvalue weighted by molar-refractivity contribution is -0.123. The monoisotopic (exact) mass is 323 g/mol. The van der Waals surface area contributed by atoms with Crippen molar-refractivity contribution in [3.8, 4) is 11.1 Å². The van der Waals surface area contributed by atoms with Crippen LogP contribution in [-0.2, 0) is 4.79 Å². The molecule has 3 rings (SSSR count). The van der Waals surface area contributed by atoms with Gasteiger partial charge in [0, 0.05) is 42.0 Å². The molecule has 0 saturated carbocycles. The number of piperidine rings is 1. The van der Waals surface area contributed by atoms with Crippen molar-refractivity contribution in [3.05, 3.63) is 53.9 Å². The zero-order valence-corrected chi connectivity index (χ0v) is 13.7. The Hall–Kier alpha value is -2.69. The Bertz CT molecular complexity index is 730. The van der Waals surface area contributed by atoms with Crippen LogP contribution in [0.15, 0.2) is 42.6 Å². The normalized spacial score (nSPS) is 15.3. The van der Waals surface area contributed by atoms with E-state index in [1.165, 1.54) is 0 Å². The minimum absolute atomic E-state index is 0.00602. The molecule has 2 heterocycles. The highest BCUT2D eigenvalue weighted by Gasteiger charge is 2.26. The molecule has 2 N–H and O–H groups in total. The molecule has 1 saturated heterocycles. The number of carbonyl (C=O) groups is 2. The molecular weight excluding hydrogens is 302 g/mol. The van der Waals surface area contributed by atoms with Crippen LogP contribution in [0.5, 0.6) is 0 Å². The molecular formula is C19H21N3O2. The van der Waals surface area contributed by atoms with Gasteiger partial charge in [0.1, 0.15) is 0 Å². The third-order valence-corrected chi connectivity index (χ3v) is 4.56. The molecule has 1 fully saturated rings. The van der Waals surface area contributed by atoms with Gasteiger partial charge in [0.25, 0.3) is 5.91 Å². The lowest BCUT2D eigenvalue weighted by Crippen LogP contribution is -2.41. The van der Waals surface area contributed by atoms with Gasteiger partial charge in [0.05, 0.1) is 0 Å². The van der Waals surface area contributed by atoms with Crippen LogP contribution in [0.3, 0.4) is 0 Å². The van der Waals surface area contributed by atoms with Gasteiger partial charge in [-0.2, -0.15) is 0 Å². The topological polar surface area (TPSA) is 76.3 Å². The standard InChI is InChI=1S/C19H21N3O2/c1-13-2-3-17(12-21-13)14-4-6-16(7-5-14)19(24)22-10-8-15(9-11-22)18(20)23/h2-7,12,15H,8-11H2,1H3,(H2,20,23). The molecule has 0 spiro atoms. The van der Waals surface area contributed by atoms with E-state index in [0.29, 0.717) is 31.5 Å². The van der Waals surface area contributed by atoms with E-state index in [2.05, 4.69) is 4.98 Å². The zero-order valence-electron chi connectivity index (χ0n) is 13.7. The SMILES string of the molecule is Cc1ccc(-c2ccc(C(=O)N3CCC(C(N)=O)CC3)cc2)cn1. The van der Waals surface area contributed by atoms with E-state index in [4.69, 9.17) is 5.73 Å². The van der Waals surface area contributed by atoms with Crippen molar-refractivity contribution in [2.75, 3.05) is 13.1 Å². The van der Waals surface area contributed by atoms with Gasteiger partial charge in [-0.1, -0.05) is 18.2 Å². The minimum Gasteiger partial charge on any atom is -0.369 e. The molecule has 0 aliphatic carbocycles. The van der Waals surface area contributed by atoms with Gasteiger partial charge in [-0.25, -0.2) is 0 Å². The number of nitrogens with two attached hydrogens (primary N) is 1. The number of amides is 2. The highest BCUT2D eigenvalue weighted by molar-refractivity contribution is 5.95. The van der Waals surface area contributed by atoms with Crippen LogP contribution in [0.25, 0.3) is 11.1 Å². The van der Waals surface area contributed by atoms with Crippen LogP contribution in [0.2, 0.25) is 0 Å². The molecule has 5 nitrogen and oxygen atoms in total. The fraction of sp³-hybridized carbons (Fsp3) is 0.316. The molecule has 5 heteroatoms. The first-order valence-corrected chi connectivity index (χ1v) is 8.16. The van der Waals surface area contributed by atoms with Gasteiger partial charge in [-0.15, -0.1) is 0 Å². The molecule has 1 aliphatic rings. The van der Waals surface area contributed by atoms with E-state index < -0.39 is 0 Å². The first-order valence-electron chi connectivity index (χ1n) is 8.16. The molecule has 0 bridgehead atoms. The Labute approximate surface area is 141 Å². The molecule has 0 radical (unpaired) electrons. The van der Waals surface area contributed by atoms with E-state index >= 15 is 0 Å². The van der Waals surface area contributed by atoms with Crippen molar-refractivity contribution in [1.82, 2.24) is 9.88 Å². The summed E-state index contributed by atoms with van der Waals surface area (Å²) in [6.45, 7) is 3.11. The lowest BCUT2D eigenvalue weighted by Gasteiger charge is -2.30. The highest BCUT2D eigenvalue weighted by atomic mass is 16.2. The third-order valence-electron chi connectivity index (χ3n) is 4.56. The summed E-state index contributed by atoms with van der Waals surface area (Å²) in [6.07, 6.45) is 3.13. The molecule has 124 valence electrons. The van der Waals surface area contributed by atoms with Crippen molar-refractivity contribution in [2.24, 2.45) is 11.7 Å². The Balaban J connectivity index is 1.68. The molecule has 1 aromatic heterocycles. The Morgan fingerprint density at radius 1 is 1.04 bits per heavy atom. The Morgan fingerprint density at radius 3 is 2.21 bits per heavy atom. The summed E-state index contributed by atoms with van der Waals surface area (Å²) in [7, 11) is 0. The van der Waals surface area contributed by atoms with E-state index in [1.807, 2.05) is 49.5 Å². The van der Waals surface area contributed by atoms with Crippen molar-refractivity contribution in [3.63, 3.8) is 0 Å². The zero-order chi connectivity index (χ0) is 17.1. The number of pyridine rings is 1. The predicted molar refractivity (Wildman–Crippen MR) is 92.2 cm³/mol. The van der Waals surface area contributed by atoms with Crippen molar-refractivity contribution >= 4 is 11.8 Å². The van der Waals surface area contributed by atoms with Crippen molar-refractivity contribution < 1.29 is 9.59 Å². The summed E-state index contributed by atoms with van der Waals surface area (Å²) in [5.41, 5.74) is 9.04. The molecule has 0 atom stereocenters. The molecule has 1 aromatic carbocycles. The average molecular weight is 323 g/mol. The summed E-state index contributed by atoms with van der Waals surface area (Å²) in [4.78, 5) is 29.9. The van der Waals surface area contributed by atoms with Crippen LogP contribution in [-0.4, -0.2) is 34.8 Å². The van der Waals surface area contributed by atoms with Crippen LogP contribution in [0.1, 0.15) is 28.9 Å². The number of rotatable bonds is 3. The molecule has 1 aliphatic heterocycles. The second-order valence-corrected chi connectivity index (χ2v) is 6.23. The van der Waals surface area contributed by atoms with Gasteiger partial charge in [-0.05, 0) is 43.5 Å². The number of aromatic nitrogens is 1. The first-order chi connectivity index (χ1) is 11.5. The smallest absolute Gasteiger partial charge is 0.253 e. The number of nitrogens with zero attached hydrogens (tertiary/aromatic N) is 2. The fourth-order valence-electron chi connectivity index (χ4n) is 2.99. The van der Waals surface area contributed by atoms with Crippen molar-refractivity contribution in [1.29, 1.82) is 0 Å². The van der Waals surface area contributed by atoms with Crippen LogP contribution in [0, 0.1) is 12.8 Å². The number of hydrogen-bond acceptors (Lipinski definition) is 3. The summed E-state index contributed by atoms with van der Waals surface area (Å²) >= 11 is 0. The number of carbonyl (C=O) groups excluding carboxylic acids is 2. The van der Waals surface area contributed by atoms with E-state index in [0.717, 1.165) is 16.8 Å². The van der Waals surface area contributed by atoms with Crippen LogP contribution >= 0.6 is 0 Å². The molecule has 2 aromatic rings. The summed E-state index contributed by atoms with van der Waals surface area (Å²) in [5.74, 6) is -0.366. The van der Waals surface area contributed by atoms with Gasteiger partial charge < -0.3 is 10.6 Å². The van der Waals surface area contributed by atoms with Gasteiger partial charge >= 0.3 is 0 Å².